The van der Waals surface area contributed by atoms with Gasteiger partial charge in [-0.25, -0.2) is 14.6 Å². The molecule has 3 saturated carbocycles. The number of fused-ring (bicyclic) bond motifs is 6. The summed E-state index contributed by atoms with van der Waals surface area (Å²) in [5.74, 6) is 2.14. The fraction of sp³-hybridized carbons (Fsp3) is 0.667. The number of benzene rings is 1. The Balaban J connectivity index is 1.17. The van der Waals surface area contributed by atoms with E-state index in [1.54, 1.807) is 0 Å². The predicted molar refractivity (Wildman–Crippen MR) is 171 cm³/mol. The molecule has 244 valence electrons. The number of aliphatic imine (C=N–C) groups is 1. The zero-order valence-corrected chi connectivity index (χ0v) is 27.7. The molecule has 9 heteroatoms. The lowest BCUT2D eigenvalue weighted by Crippen LogP contribution is -2.53. The number of ketones is 1. The molecule has 1 aromatic carbocycles. The van der Waals surface area contributed by atoms with Crippen molar-refractivity contribution in [2.75, 3.05) is 6.54 Å². The van der Waals surface area contributed by atoms with Gasteiger partial charge in [0.2, 0.25) is 5.60 Å². The van der Waals surface area contributed by atoms with Crippen LogP contribution in [0.1, 0.15) is 101 Å². The van der Waals surface area contributed by atoms with Crippen molar-refractivity contribution in [3.05, 3.63) is 33.9 Å². The van der Waals surface area contributed by atoms with E-state index in [0.717, 1.165) is 67.2 Å². The van der Waals surface area contributed by atoms with E-state index in [9.17, 15) is 14.4 Å². The monoisotopic (exact) mass is 619 g/mol. The average molecular weight is 620 g/mol. The summed E-state index contributed by atoms with van der Waals surface area (Å²) in [4.78, 5) is 42.3. The van der Waals surface area contributed by atoms with Gasteiger partial charge in [0.25, 0.3) is 0 Å². The van der Waals surface area contributed by atoms with Gasteiger partial charge < -0.3 is 25.7 Å². The average Bonchev–Trinajstić information content (AvgIpc) is 3.33. The van der Waals surface area contributed by atoms with Gasteiger partial charge in [0, 0.05) is 23.8 Å². The molecule has 0 saturated heterocycles. The van der Waals surface area contributed by atoms with Crippen molar-refractivity contribution >= 4 is 23.7 Å². The Labute approximate surface area is 266 Å². The zero-order valence-electron chi connectivity index (χ0n) is 27.7. The lowest BCUT2D eigenvalue weighted by Gasteiger charge is -2.57. The number of nitrogens with zero attached hydrogens (tertiary/aromatic N) is 1. The minimum Gasteiger partial charge on any atom is -0.475 e. The number of hydrogen-bond donors (Lipinski definition) is 2. The van der Waals surface area contributed by atoms with Crippen molar-refractivity contribution in [1.82, 2.24) is 0 Å². The summed E-state index contributed by atoms with van der Waals surface area (Å²) in [6.45, 7) is 12.0. The Bertz CT molecular complexity index is 1510. The van der Waals surface area contributed by atoms with E-state index in [0.29, 0.717) is 54.3 Å². The van der Waals surface area contributed by atoms with Crippen LogP contribution in [0.15, 0.2) is 16.6 Å². The first-order valence-electron chi connectivity index (χ1n) is 16.7. The van der Waals surface area contributed by atoms with E-state index in [1.165, 1.54) is 5.57 Å². The van der Waals surface area contributed by atoms with Gasteiger partial charge in [-0.2, -0.15) is 0 Å². The van der Waals surface area contributed by atoms with Crippen molar-refractivity contribution in [1.29, 1.82) is 0 Å². The molecule has 1 aliphatic heterocycles. The second-order valence-electron chi connectivity index (χ2n) is 15.0. The summed E-state index contributed by atoms with van der Waals surface area (Å²) < 4.78 is 18.7. The molecule has 0 radical (unpaired) electrons. The van der Waals surface area contributed by atoms with Gasteiger partial charge in [-0.15, -0.1) is 0 Å². The molecule has 1 heterocycles. The van der Waals surface area contributed by atoms with Crippen LogP contribution in [0.3, 0.4) is 0 Å². The molecule has 4 N–H and O–H groups in total. The largest absolute Gasteiger partial charge is 0.475 e. The molecular formula is C36H49N3O6. The highest BCUT2D eigenvalue weighted by Crippen LogP contribution is 2.65. The van der Waals surface area contributed by atoms with Crippen LogP contribution >= 0.6 is 0 Å². The van der Waals surface area contributed by atoms with Gasteiger partial charge in [0.05, 0.1) is 0 Å². The molecule has 0 bridgehead atoms. The van der Waals surface area contributed by atoms with E-state index in [1.807, 2.05) is 33.8 Å². The van der Waals surface area contributed by atoms with E-state index in [4.69, 9.17) is 25.7 Å². The molecule has 0 aromatic heterocycles. The quantitative estimate of drug-likeness (QED) is 0.195. The van der Waals surface area contributed by atoms with Crippen LogP contribution < -0.4 is 20.9 Å². The summed E-state index contributed by atoms with van der Waals surface area (Å²) in [5.41, 5.74) is 14.4. The zero-order chi connectivity index (χ0) is 32.5. The number of rotatable bonds is 5. The van der Waals surface area contributed by atoms with Crippen LogP contribution in [0.5, 0.6) is 11.5 Å². The smallest absolute Gasteiger partial charge is 0.350 e. The normalized spacial score (nSPS) is 35.1. The van der Waals surface area contributed by atoms with Gasteiger partial charge in [-0.1, -0.05) is 19.4 Å². The number of ether oxygens (including phenoxy) is 3. The van der Waals surface area contributed by atoms with Crippen LogP contribution in [0, 0.1) is 49.4 Å². The fourth-order valence-electron chi connectivity index (χ4n) is 9.79. The van der Waals surface area contributed by atoms with Crippen LogP contribution in [-0.2, 0) is 25.5 Å². The first kappa shape index (κ1) is 31.6. The Morgan fingerprint density at radius 1 is 0.933 bits per heavy atom. The highest BCUT2D eigenvalue weighted by molar-refractivity contribution is 5.91. The highest BCUT2D eigenvalue weighted by Gasteiger charge is 2.60. The van der Waals surface area contributed by atoms with Crippen molar-refractivity contribution in [2.24, 2.45) is 45.0 Å². The van der Waals surface area contributed by atoms with Gasteiger partial charge in [-0.3, -0.25) is 4.79 Å². The Morgan fingerprint density at radius 3 is 2.42 bits per heavy atom. The van der Waals surface area contributed by atoms with E-state index < -0.39 is 11.6 Å². The lowest BCUT2D eigenvalue weighted by molar-refractivity contribution is -0.177. The number of hydrogen-bond acceptors (Lipinski definition) is 7. The number of carbonyl (C=O) groups is 3. The SMILES string of the molecule is Cc1c(C)c2c(c(C)c1OC(=O)CN=C(N)N)CCC(C)(C(=O)OC1CCC3C4CCC5=CC(=O)CCC5(C)C4CCC13C)O2. The number of esters is 2. The summed E-state index contributed by atoms with van der Waals surface area (Å²) in [7, 11) is 0. The Kier molecular flexibility index (Phi) is 7.84. The highest BCUT2D eigenvalue weighted by atomic mass is 16.6. The molecule has 0 spiro atoms. The summed E-state index contributed by atoms with van der Waals surface area (Å²) in [5, 5.41) is 0. The molecule has 0 amide bonds. The summed E-state index contributed by atoms with van der Waals surface area (Å²) >= 11 is 0. The van der Waals surface area contributed by atoms with Gasteiger partial charge >= 0.3 is 11.9 Å². The second-order valence-corrected chi connectivity index (χ2v) is 15.0. The van der Waals surface area contributed by atoms with Gasteiger partial charge in [0.1, 0.15) is 24.1 Å². The van der Waals surface area contributed by atoms with Crippen molar-refractivity contribution in [2.45, 2.75) is 117 Å². The summed E-state index contributed by atoms with van der Waals surface area (Å²) in [6, 6.07) is 0. The molecule has 3 fully saturated rings. The molecule has 7 atom stereocenters. The molecule has 9 nitrogen and oxygen atoms in total. The van der Waals surface area contributed by atoms with Crippen LogP contribution in [0.25, 0.3) is 0 Å². The minimum atomic E-state index is -1.11. The van der Waals surface area contributed by atoms with Crippen molar-refractivity contribution in [3.8, 4) is 11.5 Å². The number of nitrogens with two attached hydrogens (primary N) is 2. The molecule has 5 aliphatic rings. The molecule has 4 aliphatic carbocycles. The molecule has 6 rings (SSSR count). The maximum atomic E-state index is 14.0. The lowest BCUT2D eigenvalue weighted by atomic mass is 9.47. The third kappa shape index (κ3) is 5.14. The third-order valence-corrected chi connectivity index (χ3v) is 12.7. The third-order valence-electron chi connectivity index (χ3n) is 12.7. The number of carbonyl (C=O) groups excluding carboxylic acids is 3. The topological polar surface area (TPSA) is 143 Å². The maximum absolute atomic E-state index is 14.0. The van der Waals surface area contributed by atoms with Gasteiger partial charge in [-0.05, 0) is 125 Å². The fourth-order valence-corrected chi connectivity index (χ4v) is 9.79. The molecule has 7 unspecified atom stereocenters. The molecule has 1 aromatic rings. The van der Waals surface area contributed by atoms with Crippen LogP contribution in [0.2, 0.25) is 0 Å². The predicted octanol–water partition coefficient (Wildman–Crippen LogP) is 5.32. The van der Waals surface area contributed by atoms with E-state index >= 15 is 0 Å². The van der Waals surface area contributed by atoms with Crippen LogP contribution in [-0.4, -0.2) is 41.9 Å². The summed E-state index contributed by atoms with van der Waals surface area (Å²) in [6.07, 6.45) is 10.8. The maximum Gasteiger partial charge on any atom is 0.350 e. The molecular weight excluding hydrogens is 570 g/mol. The molecule has 45 heavy (non-hydrogen) atoms. The van der Waals surface area contributed by atoms with Crippen molar-refractivity contribution in [3.63, 3.8) is 0 Å². The number of allylic oxidation sites excluding steroid dienone is 1. The van der Waals surface area contributed by atoms with Gasteiger partial charge in [0.15, 0.2) is 11.7 Å². The Hall–Kier alpha value is -3.36. The van der Waals surface area contributed by atoms with Crippen LogP contribution in [0.4, 0.5) is 0 Å². The van der Waals surface area contributed by atoms with Crippen molar-refractivity contribution < 1.29 is 28.6 Å². The second kappa shape index (κ2) is 11.2. The first-order chi connectivity index (χ1) is 21.2. The first-order valence-corrected chi connectivity index (χ1v) is 16.7. The minimum absolute atomic E-state index is 0.0533. The standard InChI is InChI=1S/C36H49N3O6/c1-19-20(2)31-24(21(3)30(19)44-29(41)18-39-33(37)38)12-16-36(6,45-31)32(42)43-28-10-9-26-25-8-7-22-17-23(40)11-14-34(22,4)27(25)13-15-35(26,28)5/h17,25-28H,7-16,18H2,1-6H3,(H4,37,38,39). The number of guanidine groups is 1. The van der Waals surface area contributed by atoms with E-state index in [-0.39, 0.29) is 35.4 Å². The van der Waals surface area contributed by atoms with E-state index in [2.05, 4.69) is 18.8 Å². The Morgan fingerprint density at radius 2 is 1.69 bits per heavy atom.